The molecular weight excluding hydrogens is 400 g/mol. The SMILES string of the molecule is Cc1cc(Br)ccc1SCC(=O)N(CCC(N)=O)Cc1ccccc1. The first-order chi connectivity index (χ1) is 12.0. The molecule has 132 valence electrons. The van der Waals surface area contributed by atoms with Crippen LogP contribution in [0.3, 0.4) is 0 Å². The minimum absolute atomic E-state index is 0.00239. The second kappa shape index (κ2) is 9.63. The number of aryl methyl sites for hydroxylation is 1. The molecule has 0 aliphatic heterocycles. The number of nitrogens with zero attached hydrogens (tertiary/aromatic N) is 1. The largest absolute Gasteiger partial charge is 0.370 e. The van der Waals surface area contributed by atoms with E-state index in [4.69, 9.17) is 5.73 Å². The highest BCUT2D eigenvalue weighted by Crippen LogP contribution is 2.25. The summed E-state index contributed by atoms with van der Waals surface area (Å²) < 4.78 is 1.02. The third-order valence-corrected chi connectivity index (χ3v) is 5.34. The molecule has 0 unspecified atom stereocenters. The Morgan fingerprint density at radius 2 is 1.88 bits per heavy atom. The molecule has 0 fully saturated rings. The average molecular weight is 421 g/mol. The molecule has 0 bridgehead atoms. The Balaban J connectivity index is 2.02. The number of hydrogen-bond acceptors (Lipinski definition) is 3. The van der Waals surface area contributed by atoms with Gasteiger partial charge in [0.25, 0.3) is 0 Å². The first kappa shape index (κ1) is 19.5. The van der Waals surface area contributed by atoms with Crippen molar-refractivity contribution in [3.8, 4) is 0 Å². The van der Waals surface area contributed by atoms with E-state index in [1.807, 2.05) is 55.5 Å². The zero-order chi connectivity index (χ0) is 18.2. The summed E-state index contributed by atoms with van der Waals surface area (Å²) in [6, 6.07) is 15.7. The number of hydrogen-bond donors (Lipinski definition) is 1. The molecule has 2 amide bonds. The number of amides is 2. The number of rotatable bonds is 8. The highest BCUT2D eigenvalue weighted by Gasteiger charge is 2.16. The van der Waals surface area contributed by atoms with Crippen molar-refractivity contribution >= 4 is 39.5 Å². The van der Waals surface area contributed by atoms with Crippen LogP contribution in [0, 0.1) is 6.92 Å². The predicted octanol–water partition coefficient (Wildman–Crippen LogP) is 3.75. The third-order valence-electron chi connectivity index (χ3n) is 3.69. The fourth-order valence-corrected chi connectivity index (χ4v) is 3.73. The van der Waals surface area contributed by atoms with Crippen molar-refractivity contribution in [1.29, 1.82) is 0 Å². The maximum atomic E-state index is 12.7. The Morgan fingerprint density at radius 3 is 2.52 bits per heavy atom. The fourth-order valence-electron chi connectivity index (χ4n) is 2.35. The topological polar surface area (TPSA) is 63.4 Å². The van der Waals surface area contributed by atoms with Crippen LogP contribution in [0.5, 0.6) is 0 Å². The van der Waals surface area contributed by atoms with Crippen LogP contribution >= 0.6 is 27.7 Å². The fraction of sp³-hybridized carbons (Fsp3) is 0.263. The highest BCUT2D eigenvalue weighted by atomic mass is 79.9. The Morgan fingerprint density at radius 1 is 1.16 bits per heavy atom. The molecule has 0 aromatic heterocycles. The van der Waals surface area contributed by atoms with Crippen LogP contribution in [-0.4, -0.2) is 29.0 Å². The van der Waals surface area contributed by atoms with Crippen LogP contribution in [0.1, 0.15) is 17.5 Å². The van der Waals surface area contributed by atoms with Gasteiger partial charge in [0.2, 0.25) is 11.8 Å². The van der Waals surface area contributed by atoms with Gasteiger partial charge in [-0.1, -0.05) is 46.3 Å². The summed E-state index contributed by atoms with van der Waals surface area (Å²) in [5.74, 6) is -0.0756. The van der Waals surface area contributed by atoms with Crippen LogP contribution in [0.2, 0.25) is 0 Å². The second-order valence-electron chi connectivity index (χ2n) is 5.72. The Labute approximate surface area is 160 Å². The van der Waals surface area contributed by atoms with Crippen molar-refractivity contribution in [2.75, 3.05) is 12.3 Å². The average Bonchev–Trinajstić information content (AvgIpc) is 2.58. The second-order valence-corrected chi connectivity index (χ2v) is 7.65. The van der Waals surface area contributed by atoms with Crippen molar-refractivity contribution in [3.63, 3.8) is 0 Å². The molecule has 6 heteroatoms. The lowest BCUT2D eigenvalue weighted by molar-refractivity contribution is -0.129. The Kier molecular flexibility index (Phi) is 7.52. The Hall–Kier alpha value is -1.79. The molecule has 4 nitrogen and oxygen atoms in total. The number of nitrogens with two attached hydrogens (primary N) is 1. The summed E-state index contributed by atoms with van der Waals surface area (Å²) in [5, 5.41) is 0. The van der Waals surface area contributed by atoms with Gasteiger partial charge < -0.3 is 10.6 Å². The Bertz CT molecular complexity index is 737. The van der Waals surface area contributed by atoms with Crippen LogP contribution in [0.4, 0.5) is 0 Å². The van der Waals surface area contributed by atoms with Gasteiger partial charge in [0, 0.05) is 28.9 Å². The van der Waals surface area contributed by atoms with E-state index in [2.05, 4.69) is 15.9 Å². The summed E-state index contributed by atoms with van der Waals surface area (Å²) in [4.78, 5) is 26.5. The molecule has 0 aliphatic rings. The molecule has 0 radical (unpaired) electrons. The van der Waals surface area contributed by atoms with E-state index < -0.39 is 5.91 Å². The smallest absolute Gasteiger partial charge is 0.233 e. The van der Waals surface area contributed by atoms with Crippen molar-refractivity contribution in [3.05, 3.63) is 64.1 Å². The van der Waals surface area contributed by atoms with Crippen molar-refractivity contribution in [1.82, 2.24) is 4.90 Å². The van der Waals surface area contributed by atoms with Crippen LogP contribution < -0.4 is 5.73 Å². The normalized spacial score (nSPS) is 10.5. The standard InChI is InChI=1S/C19H21BrN2O2S/c1-14-11-16(20)7-8-17(14)25-13-19(24)22(10-9-18(21)23)12-15-5-3-2-4-6-15/h2-8,11H,9-10,12-13H2,1H3,(H2,21,23). The molecule has 0 spiro atoms. The number of primary amides is 1. The zero-order valence-electron chi connectivity index (χ0n) is 14.1. The molecule has 0 heterocycles. The first-order valence-electron chi connectivity index (χ1n) is 7.94. The molecule has 0 aliphatic carbocycles. The van der Waals surface area contributed by atoms with Crippen LogP contribution in [0.25, 0.3) is 0 Å². The van der Waals surface area contributed by atoms with E-state index in [1.165, 1.54) is 11.8 Å². The lowest BCUT2D eigenvalue weighted by Crippen LogP contribution is -2.34. The van der Waals surface area contributed by atoms with Gasteiger partial charge in [-0.15, -0.1) is 11.8 Å². The van der Waals surface area contributed by atoms with Gasteiger partial charge in [-0.3, -0.25) is 9.59 Å². The summed E-state index contributed by atoms with van der Waals surface area (Å²) in [7, 11) is 0. The lowest BCUT2D eigenvalue weighted by Gasteiger charge is -2.22. The van der Waals surface area contributed by atoms with Gasteiger partial charge in [0.05, 0.1) is 5.75 Å². The van der Waals surface area contributed by atoms with E-state index >= 15 is 0 Å². The highest BCUT2D eigenvalue weighted by molar-refractivity contribution is 9.10. The van der Waals surface area contributed by atoms with Crippen molar-refractivity contribution < 1.29 is 9.59 Å². The van der Waals surface area contributed by atoms with Crippen molar-refractivity contribution in [2.45, 2.75) is 24.8 Å². The third kappa shape index (κ3) is 6.55. The van der Waals surface area contributed by atoms with Gasteiger partial charge >= 0.3 is 0 Å². The van der Waals surface area contributed by atoms with E-state index in [0.717, 1.165) is 20.5 Å². The van der Waals surface area contributed by atoms with E-state index in [-0.39, 0.29) is 12.3 Å². The quantitative estimate of drug-likeness (QED) is 0.661. The zero-order valence-corrected chi connectivity index (χ0v) is 16.5. The molecular formula is C19H21BrN2O2S. The van der Waals surface area contributed by atoms with Gasteiger partial charge in [-0.2, -0.15) is 0 Å². The number of carbonyl (C=O) groups is 2. The monoisotopic (exact) mass is 420 g/mol. The molecule has 0 saturated carbocycles. The summed E-state index contributed by atoms with van der Waals surface area (Å²) >= 11 is 4.95. The number of thioether (sulfide) groups is 1. The van der Waals surface area contributed by atoms with Crippen LogP contribution in [-0.2, 0) is 16.1 Å². The molecule has 0 atom stereocenters. The molecule has 2 aromatic rings. The molecule has 2 N–H and O–H groups in total. The summed E-state index contributed by atoms with van der Waals surface area (Å²) in [5.41, 5.74) is 7.40. The van der Waals surface area contributed by atoms with E-state index in [9.17, 15) is 9.59 Å². The maximum absolute atomic E-state index is 12.7. The number of benzene rings is 2. The van der Waals surface area contributed by atoms with Crippen molar-refractivity contribution in [2.24, 2.45) is 5.73 Å². The molecule has 2 rings (SSSR count). The minimum Gasteiger partial charge on any atom is -0.370 e. The molecule has 2 aromatic carbocycles. The van der Waals surface area contributed by atoms with E-state index in [1.54, 1.807) is 4.90 Å². The first-order valence-corrected chi connectivity index (χ1v) is 9.72. The predicted molar refractivity (Wildman–Crippen MR) is 105 cm³/mol. The lowest BCUT2D eigenvalue weighted by atomic mass is 10.2. The maximum Gasteiger partial charge on any atom is 0.233 e. The number of halogens is 1. The van der Waals surface area contributed by atoms with Gasteiger partial charge in [-0.25, -0.2) is 0 Å². The van der Waals surface area contributed by atoms with Gasteiger partial charge in [-0.05, 0) is 36.2 Å². The molecule has 0 saturated heterocycles. The summed E-state index contributed by atoms with van der Waals surface area (Å²) in [6.07, 6.45) is 0.167. The molecule has 25 heavy (non-hydrogen) atoms. The minimum atomic E-state index is -0.401. The van der Waals surface area contributed by atoms with Gasteiger partial charge in [0.1, 0.15) is 0 Å². The summed E-state index contributed by atoms with van der Waals surface area (Å²) in [6.45, 7) is 2.84. The van der Waals surface area contributed by atoms with E-state index in [0.29, 0.717) is 18.8 Å². The van der Waals surface area contributed by atoms with Gasteiger partial charge in [0.15, 0.2) is 0 Å². The number of carbonyl (C=O) groups excluding carboxylic acids is 2. The van der Waals surface area contributed by atoms with Crippen LogP contribution in [0.15, 0.2) is 57.9 Å².